The lowest BCUT2D eigenvalue weighted by atomic mass is 9.80. The summed E-state index contributed by atoms with van der Waals surface area (Å²) in [6.45, 7) is 0. The standard InChI is InChI=1S/C16H13N/c17-15-9-8-13-11-5-2-1-4-10(11)12-6-3-7-14(15)16(12)13/h1-2,4-9,16H,3,17H2. The fraction of sp³-hybridized carbons (Fsp3) is 0.125. The van der Waals surface area contributed by atoms with E-state index in [1.807, 2.05) is 6.08 Å². The van der Waals surface area contributed by atoms with Crippen LogP contribution in [0.15, 0.2) is 59.8 Å². The van der Waals surface area contributed by atoms with Crippen molar-refractivity contribution in [1.82, 2.24) is 0 Å². The quantitative estimate of drug-likeness (QED) is 0.712. The van der Waals surface area contributed by atoms with Gasteiger partial charge in [0.1, 0.15) is 0 Å². The van der Waals surface area contributed by atoms with E-state index < -0.39 is 0 Å². The van der Waals surface area contributed by atoms with E-state index in [-0.39, 0.29) is 0 Å². The second-order valence-electron chi connectivity index (χ2n) is 4.78. The van der Waals surface area contributed by atoms with Gasteiger partial charge in [-0.25, -0.2) is 0 Å². The smallest absolute Gasteiger partial charge is 0.0366 e. The summed E-state index contributed by atoms with van der Waals surface area (Å²) in [5.41, 5.74) is 13.9. The number of nitrogens with two attached hydrogens (primary N) is 1. The summed E-state index contributed by atoms with van der Waals surface area (Å²) < 4.78 is 0. The van der Waals surface area contributed by atoms with Crippen molar-refractivity contribution in [1.29, 1.82) is 0 Å². The molecule has 0 amide bonds. The van der Waals surface area contributed by atoms with Crippen molar-refractivity contribution in [3.05, 3.63) is 71.0 Å². The minimum atomic E-state index is 0.395. The molecule has 0 aromatic heterocycles. The molecule has 0 spiro atoms. The molecule has 1 aromatic carbocycles. The molecular formula is C16H13N. The second-order valence-corrected chi connectivity index (χ2v) is 4.78. The van der Waals surface area contributed by atoms with Crippen LogP contribution in [0.1, 0.15) is 17.5 Å². The fourth-order valence-corrected chi connectivity index (χ4v) is 3.20. The third-order valence-corrected chi connectivity index (χ3v) is 3.93. The average Bonchev–Trinajstić information content (AvgIpc) is 2.70. The number of rotatable bonds is 0. The first-order valence-corrected chi connectivity index (χ1v) is 6.04. The molecule has 0 saturated carbocycles. The number of hydrogen-bond donors (Lipinski definition) is 1. The zero-order valence-corrected chi connectivity index (χ0v) is 9.48. The number of fused-ring (bicyclic) bond motifs is 3. The van der Waals surface area contributed by atoms with E-state index in [1.165, 1.54) is 27.8 Å². The minimum Gasteiger partial charge on any atom is -0.398 e. The van der Waals surface area contributed by atoms with Crippen molar-refractivity contribution in [2.75, 3.05) is 0 Å². The van der Waals surface area contributed by atoms with Crippen LogP contribution in [0.5, 0.6) is 0 Å². The van der Waals surface area contributed by atoms with Crippen LogP contribution in [0.2, 0.25) is 0 Å². The van der Waals surface area contributed by atoms with Gasteiger partial charge in [0, 0.05) is 11.6 Å². The number of hydrogen-bond acceptors (Lipinski definition) is 1. The molecule has 4 rings (SSSR count). The molecule has 1 aromatic rings. The maximum atomic E-state index is 6.10. The first-order chi connectivity index (χ1) is 8.36. The molecule has 1 unspecified atom stereocenters. The third kappa shape index (κ3) is 1.04. The van der Waals surface area contributed by atoms with Gasteiger partial charge in [-0.3, -0.25) is 0 Å². The Morgan fingerprint density at radius 2 is 1.59 bits per heavy atom. The fourth-order valence-electron chi connectivity index (χ4n) is 3.20. The molecule has 82 valence electrons. The topological polar surface area (TPSA) is 26.0 Å². The van der Waals surface area contributed by atoms with Gasteiger partial charge < -0.3 is 5.73 Å². The largest absolute Gasteiger partial charge is 0.398 e. The molecule has 0 bridgehead atoms. The van der Waals surface area contributed by atoms with Crippen LogP contribution in [-0.4, -0.2) is 0 Å². The lowest BCUT2D eigenvalue weighted by Gasteiger charge is -2.25. The van der Waals surface area contributed by atoms with E-state index in [1.54, 1.807) is 0 Å². The molecule has 0 radical (unpaired) electrons. The molecule has 1 nitrogen and oxygen atoms in total. The normalized spacial score (nSPS) is 24.1. The van der Waals surface area contributed by atoms with Crippen molar-refractivity contribution >= 4 is 11.1 Å². The number of benzene rings is 1. The predicted octanol–water partition coefficient (Wildman–Crippen LogP) is 3.27. The van der Waals surface area contributed by atoms with Crippen molar-refractivity contribution < 1.29 is 0 Å². The van der Waals surface area contributed by atoms with Gasteiger partial charge in [-0.05, 0) is 40.3 Å². The highest BCUT2D eigenvalue weighted by atomic mass is 14.6. The molecular weight excluding hydrogens is 206 g/mol. The average molecular weight is 219 g/mol. The Bertz CT molecular complexity index is 641. The zero-order valence-electron chi connectivity index (χ0n) is 9.48. The molecule has 3 aliphatic rings. The molecule has 1 heteroatoms. The molecule has 3 aliphatic carbocycles. The summed E-state index contributed by atoms with van der Waals surface area (Å²) in [4.78, 5) is 0. The summed E-state index contributed by atoms with van der Waals surface area (Å²) in [5.74, 6) is 0.395. The van der Waals surface area contributed by atoms with Gasteiger partial charge >= 0.3 is 0 Å². The van der Waals surface area contributed by atoms with E-state index in [4.69, 9.17) is 5.73 Å². The third-order valence-electron chi connectivity index (χ3n) is 3.93. The highest BCUT2D eigenvalue weighted by Crippen LogP contribution is 2.52. The van der Waals surface area contributed by atoms with Gasteiger partial charge in [-0.1, -0.05) is 42.5 Å². The zero-order chi connectivity index (χ0) is 11.4. The molecule has 0 heterocycles. The molecule has 17 heavy (non-hydrogen) atoms. The lowest BCUT2D eigenvalue weighted by Crippen LogP contribution is -2.15. The predicted molar refractivity (Wildman–Crippen MR) is 70.9 cm³/mol. The van der Waals surface area contributed by atoms with E-state index in [9.17, 15) is 0 Å². The van der Waals surface area contributed by atoms with Crippen LogP contribution in [0.3, 0.4) is 0 Å². The molecule has 0 fully saturated rings. The van der Waals surface area contributed by atoms with Gasteiger partial charge in [0.15, 0.2) is 0 Å². The Labute approximate surface area is 101 Å². The van der Waals surface area contributed by atoms with E-state index in [2.05, 4.69) is 42.5 Å². The summed E-state index contributed by atoms with van der Waals surface area (Å²) in [6, 6.07) is 8.67. The van der Waals surface area contributed by atoms with Gasteiger partial charge in [-0.15, -0.1) is 0 Å². The first kappa shape index (κ1) is 9.06. The monoisotopic (exact) mass is 219 g/mol. The maximum Gasteiger partial charge on any atom is 0.0366 e. The Kier molecular flexibility index (Phi) is 1.60. The van der Waals surface area contributed by atoms with Crippen LogP contribution >= 0.6 is 0 Å². The summed E-state index contributed by atoms with van der Waals surface area (Å²) in [7, 11) is 0. The Balaban J connectivity index is 2.06. The highest BCUT2D eigenvalue weighted by Gasteiger charge is 2.36. The van der Waals surface area contributed by atoms with Crippen LogP contribution in [0, 0.1) is 5.92 Å². The van der Waals surface area contributed by atoms with Crippen molar-refractivity contribution in [3.63, 3.8) is 0 Å². The van der Waals surface area contributed by atoms with Crippen molar-refractivity contribution in [2.24, 2.45) is 11.7 Å². The van der Waals surface area contributed by atoms with Crippen LogP contribution in [-0.2, 0) is 0 Å². The van der Waals surface area contributed by atoms with E-state index >= 15 is 0 Å². The van der Waals surface area contributed by atoms with Gasteiger partial charge in [0.2, 0.25) is 0 Å². The van der Waals surface area contributed by atoms with Gasteiger partial charge in [-0.2, -0.15) is 0 Å². The SMILES string of the molecule is NC1=CC=C2c3ccccc3C3=CCC=C1C23. The van der Waals surface area contributed by atoms with Crippen molar-refractivity contribution in [3.8, 4) is 0 Å². The molecule has 1 atom stereocenters. The number of allylic oxidation sites excluding steroid dienone is 7. The van der Waals surface area contributed by atoms with E-state index in [0.29, 0.717) is 5.92 Å². The van der Waals surface area contributed by atoms with Gasteiger partial charge in [0.05, 0.1) is 0 Å². The Morgan fingerprint density at radius 1 is 0.882 bits per heavy atom. The Hall–Kier alpha value is -2.02. The lowest BCUT2D eigenvalue weighted by molar-refractivity contribution is 0.981. The van der Waals surface area contributed by atoms with Crippen LogP contribution in [0.25, 0.3) is 11.1 Å². The molecule has 0 aliphatic heterocycles. The minimum absolute atomic E-state index is 0.395. The van der Waals surface area contributed by atoms with Crippen molar-refractivity contribution in [2.45, 2.75) is 6.42 Å². The van der Waals surface area contributed by atoms with E-state index in [0.717, 1.165) is 12.1 Å². The van der Waals surface area contributed by atoms with Crippen LogP contribution in [0.4, 0.5) is 0 Å². The van der Waals surface area contributed by atoms with Crippen LogP contribution < -0.4 is 5.73 Å². The molecule has 2 N–H and O–H groups in total. The summed E-state index contributed by atoms with van der Waals surface area (Å²) in [5, 5.41) is 0. The molecule has 0 saturated heterocycles. The summed E-state index contributed by atoms with van der Waals surface area (Å²) >= 11 is 0. The Morgan fingerprint density at radius 3 is 2.41 bits per heavy atom. The maximum absolute atomic E-state index is 6.10. The second kappa shape index (κ2) is 3.01. The summed E-state index contributed by atoms with van der Waals surface area (Å²) in [6.07, 6.45) is 9.83. The van der Waals surface area contributed by atoms with Gasteiger partial charge in [0.25, 0.3) is 0 Å². The first-order valence-electron chi connectivity index (χ1n) is 6.04. The highest BCUT2D eigenvalue weighted by molar-refractivity contribution is 5.99.